The van der Waals surface area contributed by atoms with Crippen molar-refractivity contribution in [1.29, 1.82) is 0 Å². The lowest BCUT2D eigenvalue weighted by Gasteiger charge is -2.16. The van der Waals surface area contributed by atoms with Crippen molar-refractivity contribution in [1.82, 2.24) is 14.5 Å². The zero-order valence-corrected chi connectivity index (χ0v) is 18.7. The van der Waals surface area contributed by atoms with E-state index >= 15 is 0 Å². The molecule has 0 aliphatic carbocycles. The minimum Gasteiger partial charge on any atom is -0.325 e. The van der Waals surface area contributed by atoms with Crippen molar-refractivity contribution >= 4 is 43.2 Å². The Hall–Kier alpha value is -2.60. The van der Waals surface area contributed by atoms with Gasteiger partial charge in [-0.2, -0.15) is 0 Å². The highest BCUT2D eigenvalue weighted by molar-refractivity contribution is 7.89. The van der Waals surface area contributed by atoms with E-state index < -0.39 is 15.9 Å². The highest BCUT2D eigenvalue weighted by atomic mass is 32.2. The maximum Gasteiger partial charge on any atom is 0.263 e. The minimum atomic E-state index is -3.81. The van der Waals surface area contributed by atoms with Crippen LogP contribution in [0.5, 0.6) is 0 Å². The van der Waals surface area contributed by atoms with Gasteiger partial charge >= 0.3 is 0 Å². The van der Waals surface area contributed by atoms with Crippen LogP contribution in [0.15, 0.2) is 34.0 Å². The number of aromatic nitrogens is 2. The Morgan fingerprint density at radius 3 is 2.43 bits per heavy atom. The molecule has 30 heavy (non-hydrogen) atoms. The van der Waals surface area contributed by atoms with Gasteiger partial charge in [0.2, 0.25) is 15.9 Å². The molecule has 9 nitrogen and oxygen atoms in total. The van der Waals surface area contributed by atoms with E-state index in [1.807, 2.05) is 32.8 Å². The molecule has 160 valence electrons. The number of nitrogens with one attached hydrogen (secondary N) is 1. The van der Waals surface area contributed by atoms with Crippen molar-refractivity contribution in [2.24, 2.45) is 5.14 Å². The van der Waals surface area contributed by atoms with Crippen LogP contribution in [0, 0.1) is 13.8 Å². The van der Waals surface area contributed by atoms with Crippen molar-refractivity contribution in [3.63, 3.8) is 0 Å². The molecule has 2 aromatic heterocycles. The third-order valence-corrected chi connectivity index (χ3v) is 6.62. The van der Waals surface area contributed by atoms with Gasteiger partial charge in [-0.3, -0.25) is 14.2 Å². The molecule has 3 N–H and O–H groups in total. The Balaban J connectivity index is 1.93. The van der Waals surface area contributed by atoms with Crippen LogP contribution < -0.4 is 16.0 Å². The number of thiophene rings is 1. The van der Waals surface area contributed by atoms with Crippen molar-refractivity contribution in [2.45, 2.75) is 31.8 Å². The largest absolute Gasteiger partial charge is 0.325 e. The van der Waals surface area contributed by atoms with Crippen molar-refractivity contribution in [2.75, 3.05) is 19.4 Å². The minimum absolute atomic E-state index is 0.0528. The third kappa shape index (κ3) is 4.59. The van der Waals surface area contributed by atoms with Gasteiger partial charge in [-0.05, 0) is 57.8 Å². The number of hydrogen-bond acceptors (Lipinski definition) is 7. The number of carbonyl (C=O) groups is 1. The van der Waals surface area contributed by atoms with Gasteiger partial charge < -0.3 is 10.2 Å². The first-order valence-electron chi connectivity index (χ1n) is 9.04. The number of sulfonamides is 1. The van der Waals surface area contributed by atoms with Crippen molar-refractivity contribution < 1.29 is 13.2 Å². The van der Waals surface area contributed by atoms with E-state index in [-0.39, 0.29) is 17.0 Å². The van der Waals surface area contributed by atoms with Gasteiger partial charge in [0, 0.05) is 10.6 Å². The van der Waals surface area contributed by atoms with Crippen LogP contribution >= 0.6 is 11.3 Å². The molecule has 0 saturated carbocycles. The predicted octanol–water partition coefficient (Wildman–Crippen LogP) is 1.42. The molecule has 0 spiro atoms. The van der Waals surface area contributed by atoms with Gasteiger partial charge in [-0.1, -0.05) is 0 Å². The molecule has 0 saturated heterocycles. The lowest BCUT2D eigenvalue weighted by atomic mass is 10.2. The molecular weight excluding hydrogens is 426 g/mol. The molecule has 0 fully saturated rings. The Morgan fingerprint density at radius 2 is 1.87 bits per heavy atom. The molecule has 1 aromatic carbocycles. The third-order valence-electron chi connectivity index (χ3n) is 4.59. The molecule has 0 atom stereocenters. The number of hydrogen-bond donors (Lipinski definition) is 2. The van der Waals surface area contributed by atoms with Gasteiger partial charge in [-0.25, -0.2) is 18.5 Å². The fourth-order valence-electron chi connectivity index (χ4n) is 3.01. The van der Waals surface area contributed by atoms with Gasteiger partial charge in [0.05, 0.1) is 16.8 Å². The summed E-state index contributed by atoms with van der Waals surface area (Å²) in [4.78, 5) is 33.9. The van der Waals surface area contributed by atoms with Crippen LogP contribution in [0.2, 0.25) is 0 Å². The van der Waals surface area contributed by atoms with E-state index in [0.717, 1.165) is 10.4 Å². The summed E-state index contributed by atoms with van der Waals surface area (Å²) in [7, 11) is -0.0927. The number of benzene rings is 1. The molecule has 0 radical (unpaired) electrons. The lowest BCUT2D eigenvalue weighted by molar-refractivity contribution is -0.116. The number of nitrogens with zero attached hydrogens (tertiary/aromatic N) is 3. The van der Waals surface area contributed by atoms with Gasteiger partial charge in [-0.15, -0.1) is 11.3 Å². The summed E-state index contributed by atoms with van der Waals surface area (Å²) in [6.45, 7) is 4.00. The quantitative estimate of drug-likeness (QED) is 0.586. The zero-order valence-electron chi connectivity index (χ0n) is 17.1. The van der Waals surface area contributed by atoms with E-state index in [9.17, 15) is 18.0 Å². The van der Waals surface area contributed by atoms with Crippen LogP contribution in [0.3, 0.4) is 0 Å². The molecule has 0 unspecified atom stereocenters. The number of amides is 1. The van der Waals surface area contributed by atoms with Crippen molar-refractivity contribution in [3.05, 3.63) is 50.9 Å². The van der Waals surface area contributed by atoms with Crippen LogP contribution in [-0.2, 0) is 27.9 Å². The van der Waals surface area contributed by atoms with Crippen LogP contribution in [0.1, 0.15) is 16.3 Å². The van der Waals surface area contributed by atoms with E-state index in [1.54, 1.807) is 0 Å². The number of aryl methyl sites for hydroxylation is 2. The van der Waals surface area contributed by atoms with E-state index in [0.29, 0.717) is 28.3 Å². The monoisotopic (exact) mass is 449 g/mol. The fourth-order valence-corrected chi connectivity index (χ4v) is 4.56. The molecular formula is C19H23N5O4S2. The Bertz CT molecular complexity index is 1270. The maximum absolute atomic E-state index is 13.2. The fraction of sp³-hybridized carbons (Fsp3) is 0.316. The van der Waals surface area contributed by atoms with Gasteiger partial charge in [0.1, 0.15) is 17.2 Å². The summed E-state index contributed by atoms with van der Waals surface area (Å²) in [6.07, 6.45) is 0. The number of fused-ring (bicyclic) bond motifs is 1. The van der Waals surface area contributed by atoms with E-state index in [1.165, 1.54) is 40.2 Å². The van der Waals surface area contributed by atoms with Gasteiger partial charge in [0.25, 0.3) is 5.56 Å². The average Bonchev–Trinajstić information content (AvgIpc) is 2.91. The average molecular weight is 450 g/mol. The second kappa shape index (κ2) is 8.26. The number of carbonyl (C=O) groups excluding carboxylic acids is 1. The zero-order chi connectivity index (χ0) is 22.2. The number of nitrogens with two attached hydrogens (primary N) is 1. The second-order valence-electron chi connectivity index (χ2n) is 7.24. The summed E-state index contributed by atoms with van der Waals surface area (Å²) in [5.74, 6) is 0.0738. The first kappa shape index (κ1) is 22.1. The highest BCUT2D eigenvalue weighted by Crippen LogP contribution is 2.26. The maximum atomic E-state index is 13.2. The number of rotatable bonds is 6. The SMILES string of the molecule is Cc1sc2nc(CN(C)C)n(CC(=O)Nc3ccc(S(N)(=O)=O)cc3)c(=O)c2c1C. The molecule has 1 amide bonds. The van der Waals surface area contributed by atoms with E-state index in [2.05, 4.69) is 10.3 Å². The summed E-state index contributed by atoms with van der Waals surface area (Å²) in [5.41, 5.74) is 1.02. The summed E-state index contributed by atoms with van der Waals surface area (Å²) in [6, 6.07) is 5.49. The second-order valence-corrected chi connectivity index (χ2v) is 10.0. The predicted molar refractivity (Wildman–Crippen MR) is 117 cm³/mol. The summed E-state index contributed by atoms with van der Waals surface area (Å²) in [5, 5.41) is 8.28. The smallest absolute Gasteiger partial charge is 0.263 e. The van der Waals surface area contributed by atoms with Crippen LogP contribution in [0.4, 0.5) is 5.69 Å². The first-order chi connectivity index (χ1) is 14.0. The molecule has 0 bridgehead atoms. The molecule has 11 heteroatoms. The van der Waals surface area contributed by atoms with Crippen LogP contribution in [-0.4, -0.2) is 42.9 Å². The summed E-state index contributed by atoms with van der Waals surface area (Å²) >= 11 is 1.46. The standard InChI is InChI=1S/C19H23N5O4S2/c1-11-12(2)29-18-17(11)19(26)24(15(22-18)9-23(3)4)10-16(25)21-13-5-7-14(8-6-13)30(20,27)28/h5-8H,9-10H2,1-4H3,(H,21,25)(H2,20,27,28). The summed E-state index contributed by atoms with van der Waals surface area (Å²) < 4.78 is 24.1. The Morgan fingerprint density at radius 1 is 1.23 bits per heavy atom. The van der Waals surface area contributed by atoms with Crippen molar-refractivity contribution in [3.8, 4) is 0 Å². The highest BCUT2D eigenvalue weighted by Gasteiger charge is 2.19. The molecule has 0 aliphatic heterocycles. The number of anilines is 1. The lowest BCUT2D eigenvalue weighted by Crippen LogP contribution is -2.32. The van der Waals surface area contributed by atoms with Crippen LogP contribution in [0.25, 0.3) is 10.2 Å². The normalized spacial score (nSPS) is 11.9. The Kier molecular flexibility index (Phi) is 6.09. The first-order valence-corrected chi connectivity index (χ1v) is 11.4. The number of primary sulfonamides is 1. The molecule has 2 heterocycles. The topological polar surface area (TPSA) is 127 Å². The molecule has 3 rings (SSSR count). The molecule has 3 aromatic rings. The van der Waals surface area contributed by atoms with Gasteiger partial charge in [0.15, 0.2) is 0 Å². The Labute approximate surface area is 178 Å². The molecule has 0 aliphatic rings. The van der Waals surface area contributed by atoms with E-state index in [4.69, 9.17) is 5.14 Å².